The lowest BCUT2D eigenvalue weighted by Crippen LogP contribution is -2.53. The van der Waals surface area contributed by atoms with Gasteiger partial charge in [-0.25, -0.2) is 8.42 Å². The van der Waals surface area contributed by atoms with E-state index in [9.17, 15) is 27.7 Å². The zero-order valence-electron chi connectivity index (χ0n) is 38.8. The van der Waals surface area contributed by atoms with Gasteiger partial charge in [0.05, 0.1) is 44.2 Å². The molecule has 5 unspecified atom stereocenters. The minimum atomic E-state index is -4.55. The molecule has 3 aromatic carbocycles. The Bertz CT molecular complexity index is 2180. The van der Waals surface area contributed by atoms with Crippen LogP contribution in [0.4, 0.5) is 0 Å². The van der Waals surface area contributed by atoms with E-state index in [1.807, 2.05) is 0 Å². The van der Waals surface area contributed by atoms with Gasteiger partial charge in [0.1, 0.15) is 12.2 Å². The Hall–Kier alpha value is -3.18. The molecule has 8 nitrogen and oxygen atoms in total. The summed E-state index contributed by atoms with van der Waals surface area (Å²) in [6.07, 6.45) is 18.9. The first-order chi connectivity index (χ1) is 32.5. The lowest BCUT2D eigenvalue weighted by atomic mass is 9.55. The molecule has 10 heteroatoms. The Morgan fingerprint density at radius 3 is 1.12 bits per heavy atom. The summed E-state index contributed by atoms with van der Waals surface area (Å²) in [5, 5.41) is 8.73. The van der Waals surface area contributed by atoms with E-state index in [2.05, 4.69) is 91.0 Å². The monoisotopic (exact) mass is 946 g/mol. The molecule has 3 aromatic rings. The SMILES string of the molecule is O=C(OC1C2CC3CC(C2)CC1C3)C1C2CC(C1C(=O)OC1C3CC4CC(C3)CC1C4)C(S(=O)(=O)[O-])C2.OC1C2CC3CC(C2)CC1C3.c1ccc([S+](c2ccccc2)c2ccccc2)cc1. The summed E-state index contributed by atoms with van der Waals surface area (Å²) in [7, 11) is -4.56. The molecule has 5 atom stereocenters. The van der Waals surface area contributed by atoms with Crippen LogP contribution in [0.2, 0.25) is 0 Å². The molecule has 14 saturated carbocycles. The molecule has 14 aliphatic rings. The number of hydrogen-bond donors (Lipinski definition) is 1. The Morgan fingerprint density at radius 1 is 0.448 bits per heavy atom. The second-order valence-electron chi connectivity index (χ2n) is 23.8. The largest absolute Gasteiger partial charge is 0.748 e. The van der Waals surface area contributed by atoms with Gasteiger partial charge in [-0.1, -0.05) is 54.6 Å². The van der Waals surface area contributed by atoms with Gasteiger partial charge in [-0.2, -0.15) is 0 Å². The van der Waals surface area contributed by atoms with Crippen molar-refractivity contribution in [3.63, 3.8) is 0 Å². The van der Waals surface area contributed by atoms with E-state index >= 15 is 0 Å². The molecule has 0 saturated heterocycles. The van der Waals surface area contributed by atoms with Crippen LogP contribution in [-0.4, -0.2) is 53.6 Å². The van der Waals surface area contributed by atoms with E-state index in [0.717, 1.165) is 86.9 Å². The van der Waals surface area contributed by atoms with Gasteiger partial charge in [0, 0.05) is 0 Å². The lowest BCUT2D eigenvalue weighted by molar-refractivity contribution is -0.189. The highest BCUT2D eigenvalue weighted by Gasteiger charge is 2.62. The Balaban J connectivity index is 0.000000128. The summed E-state index contributed by atoms with van der Waals surface area (Å²) in [5.74, 6) is 4.82. The van der Waals surface area contributed by atoms with Crippen LogP contribution in [0.3, 0.4) is 0 Å². The van der Waals surface area contributed by atoms with E-state index in [4.69, 9.17) is 9.47 Å². The number of ether oxygens (including phenoxy) is 2. The molecule has 1 N–H and O–H groups in total. The molecule has 67 heavy (non-hydrogen) atoms. The van der Waals surface area contributed by atoms with Gasteiger partial charge in [-0.05, 0) is 228 Å². The molecule has 0 heterocycles. The van der Waals surface area contributed by atoms with Gasteiger partial charge >= 0.3 is 11.9 Å². The fourth-order valence-corrected chi connectivity index (χ4v) is 21.1. The summed E-state index contributed by atoms with van der Waals surface area (Å²) in [4.78, 5) is 31.7. The predicted molar refractivity (Wildman–Crippen MR) is 255 cm³/mol. The molecule has 17 rings (SSSR count). The molecule has 358 valence electrons. The van der Waals surface area contributed by atoms with Gasteiger partial charge in [0.2, 0.25) is 0 Å². The number of benzene rings is 3. The number of aliphatic hydroxyl groups is 1. The zero-order chi connectivity index (χ0) is 45.6. The number of carbonyl (C=O) groups is 2. The fourth-order valence-electron chi connectivity index (χ4n) is 17.8. The van der Waals surface area contributed by atoms with Crippen LogP contribution in [0.5, 0.6) is 0 Å². The van der Waals surface area contributed by atoms with Crippen molar-refractivity contribution >= 4 is 33.0 Å². The highest BCUT2D eigenvalue weighted by Crippen LogP contribution is 2.60. The van der Waals surface area contributed by atoms with Gasteiger partial charge in [0.15, 0.2) is 14.7 Å². The summed E-state index contributed by atoms with van der Waals surface area (Å²) in [5.41, 5.74) is 0. The highest BCUT2D eigenvalue weighted by atomic mass is 32.2. The summed E-state index contributed by atoms with van der Waals surface area (Å²) < 4.78 is 48.9. The molecule has 0 amide bonds. The average molecular weight is 947 g/mol. The van der Waals surface area contributed by atoms with Crippen LogP contribution in [0, 0.1) is 94.7 Å². The lowest BCUT2D eigenvalue weighted by Gasteiger charge is -2.54. The van der Waals surface area contributed by atoms with Crippen LogP contribution in [0.25, 0.3) is 0 Å². The first-order valence-corrected chi connectivity index (χ1v) is 29.1. The minimum Gasteiger partial charge on any atom is -0.748 e. The third-order valence-electron chi connectivity index (χ3n) is 19.8. The van der Waals surface area contributed by atoms with Gasteiger partial charge in [-0.15, -0.1) is 0 Å². The van der Waals surface area contributed by atoms with Crippen molar-refractivity contribution in [3.05, 3.63) is 91.0 Å². The van der Waals surface area contributed by atoms with E-state index in [1.54, 1.807) is 0 Å². The smallest absolute Gasteiger partial charge is 0.310 e. The topological polar surface area (TPSA) is 130 Å². The van der Waals surface area contributed by atoms with Gasteiger partial charge < -0.3 is 19.1 Å². The van der Waals surface area contributed by atoms with Gasteiger partial charge in [-0.3, -0.25) is 9.59 Å². The second kappa shape index (κ2) is 18.2. The van der Waals surface area contributed by atoms with Crippen molar-refractivity contribution < 1.29 is 37.1 Å². The quantitative estimate of drug-likeness (QED) is 0.134. The highest BCUT2D eigenvalue weighted by molar-refractivity contribution is 7.97. The first kappa shape index (κ1) is 45.0. The van der Waals surface area contributed by atoms with Crippen molar-refractivity contribution in [1.29, 1.82) is 0 Å². The Kier molecular flexibility index (Phi) is 12.2. The van der Waals surface area contributed by atoms with Crippen LogP contribution in [0.15, 0.2) is 106 Å². The summed E-state index contributed by atoms with van der Waals surface area (Å²) in [6, 6.07) is 32.2. The molecule has 0 spiro atoms. The third kappa shape index (κ3) is 8.77. The van der Waals surface area contributed by atoms with Crippen LogP contribution >= 0.6 is 0 Å². The predicted octanol–water partition coefficient (Wildman–Crippen LogP) is 10.5. The average Bonchev–Trinajstić information content (AvgIpc) is 3.92. The van der Waals surface area contributed by atoms with E-state index in [0.29, 0.717) is 41.9 Å². The minimum absolute atomic E-state index is 0.0146. The van der Waals surface area contributed by atoms with Crippen molar-refractivity contribution in [2.45, 2.75) is 147 Å². The molecule has 14 aliphatic carbocycles. The van der Waals surface area contributed by atoms with Crippen molar-refractivity contribution in [2.24, 2.45) is 94.7 Å². The fraction of sp³-hybridized carbons (Fsp3) is 0.649. The Morgan fingerprint density at radius 2 is 0.776 bits per heavy atom. The second-order valence-corrected chi connectivity index (χ2v) is 27.4. The van der Waals surface area contributed by atoms with Crippen LogP contribution in [-0.2, 0) is 40.1 Å². The van der Waals surface area contributed by atoms with E-state index in [1.165, 1.54) is 59.6 Å². The molecule has 0 aliphatic heterocycles. The maximum Gasteiger partial charge on any atom is 0.310 e. The molecular weight excluding hydrogens is 877 g/mol. The van der Waals surface area contributed by atoms with E-state index < -0.39 is 39.1 Å². The van der Waals surface area contributed by atoms with Gasteiger partial charge in [0.25, 0.3) is 0 Å². The van der Waals surface area contributed by atoms with Crippen LogP contribution in [0.1, 0.15) is 109 Å². The molecular formula is C57H70O8S2. The third-order valence-corrected chi connectivity index (χ3v) is 23.3. The number of carbonyl (C=O) groups excluding carboxylic acids is 2. The first-order valence-electron chi connectivity index (χ1n) is 26.4. The maximum absolute atomic E-state index is 13.8. The van der Waals surface area contributed by atoms with Crippen molar-refractivity contribution in [2.75, 3.05) is 0 Å². The maximum atomic E-state index is 13.8. The number of hydrogen-bond acceptors (Lipinski definition) is 8. The van der Waals surface area contributed by atoms with E-state index in [-0.39, 0.29) is 47.5 Å². The Labute approximate surface area is 401 Å². The number of rotatable bonds is 8. The number of fused-ring (bicyclic) bond motifs is 2. The number of aliphatic hydroxyl groups excluding tert-OH is 1. The molecule has 14 fully saturated rings. The normalized spacial score (nSPS) is 43.0. The summed E-state index contributed by atoms with van der Waals surface area (Å²) >= 11 is 0. The van der Waals surface area contributed by atoms with Crippen molar-refractivity contribution in [3.8, 4) is 0 Å². The molecule has 14 bridgehead atoms. The standard InChI is InChI=1S/C29H40O7S.C18H15S.C10H16O/c30-28(35-26-18-3-13-1-14(5-18)6-19(26)4-13)24-17-11-22(23(12-17)37(32,33)34)25(24)29(31)36-27-20-7-15-2-16(9-20)10-21(27)8-15;1-4-10-16(11-5-1)19(17-12-6-2-7-13-17)18-14-8-3-9-15-18;11-10-8-2-6-1-7(4-8)5-9(10)3-6/h13-27H,1-12H2,(H,32,33,34);1-15H;6-11H,1-5H2/q;+1;/p-1. The van der Waals surface area contributed by atoms with Crippen molar-refractivity contribution in [1.82, 2.24) is 0 Å². The summed E-state index contributed by atoms with van der Waals surface area (Å²) in [6.45, 7) is 0. The number of esters is 2. The molecule has 0 aromatic heterocycles. The van der Waals surface area contributed by atoms with Crippen LogP contribution < -0.4 is 0 Å². The zero-order valence-corrected chi connectivity index (χ0v) is 40.5. The molecule has 0 radical (unpaired) electrons.